The van der Waals surface area contributed by atoms with Gasteiger partial charge in [-0.05, 0) is 48.9 Å². The lowest BCUT2D eigenvalue weighted by Gasteiger charge is -2.22. The lowest BCUT2D eigenvalue weighted by atomic mass is 10.2. The van der Waals surface area contributed by atoms with E-state index in [9.17, 15) is 8.42 Å². The van der Waals surface area contributed by atoms with Gasteiger partial charge in [0, 0.05) is 23.0 Å². The quantitative estimate of drug-likeness (QED) is 0.371. The van der Waals surface area contributed by atoms with Crippen LogP contribution in [-0.2, 0) is 15.8 Å². The molecule has 4 aromatic rings. The average molecular weight is 448 g/mol. The fourth-order valence-electron chi connectivity index (χ4n) is 3.37. The highest BCUT2D eigenvalue weighted by molar-refractivity contribution is 7.88. The monoisotopic (exact) mass is 447 g/mol. The highest BCUT2D eigenvalue weighted by Gasteiger charge is 2.13. The molecule has 0 bridgehead atoms. The van der Waals surface area contributed by atoms with Crippen LogP contribution < -0.4 is 15.4 Å². The summed E-state index contributed by atoms with van der Waals surface area (Å²) in [6.07, 6.45) is 7.25. The van der Waals surface area contributed by atoms with Gasteiger partial charge < -0.3 is 10.2 Å². The summed E-state index contributed by atoms with van der Waals surface area (Å²) < 4.78 is 22.7. The number of nitrogens with one attached hydrogen (secondary N) is 2. The molecule has 0 aliphatic rings. The molecular weight excluding hydrogens is 426 g/mol. The highest BCUT2D eigenvalue weighted by atomic mass is 32.2. The van der Waals surface area contributed by atoms with E-state index >= 15 is 0 Å². The van der Waals surface area contributed by atoms with E-state index in [4.69, 9.17) is 11.6 Å². The van der Waals surface area contributed by atoms with Crippen LogP contribution in [0.3, 0.4) is 0 Å². The number of H-pyrrole nitrogens is 1. The van der Waals surface area contributed by atoms with Crippen molar-refractivity contribution in [1.29, 1.82) is 0 Å². The molecule has 0 unspecified atom stereocenters. The maximum absolute atomic E-state index is 11.4. The number of aryl methyl sites for hydroxylation is 1. The molecule has 0 atom stereocenters. The van der Waals surface area contributed by atoms with Crippen LogP contribution >= 0.6 is 0 Å². The first-order valence-electron chi connectivity index (χ1n) is 9.67. The normalized spacial score (nSPS) is 11.3. The highest BCUT2D eigenvalue weighted by Crippen LogP contribution is 2.28. The fraction of sp³-hybridized carbons (Fsp3) is 0.136. The number of anilines is 4. The number of benzene rings is 2. The van der Waals surface area contributed by atoms with E-state index < -0.39 is 10.0 Å². The Bertz CT molecular complexity index is 1420. The van der Waals surface area contributed by atoms with E-state index in [0.717, 1.165) is 22.3 Å². The van der Waals surface area contributed by atoms with Crippen LogP contribution in [0.15, 0.2) is 54.7 Å². The molecule has 2 heterocycles. The third-order valence-electron chi connectivity index (χ3n) is 4.77. The number of nitrogens with zero attached hydrogens (tertiary/aromatic N) is 4. The smallest absolute Gasteiger partial charge is 0.229 e. The van der Waals surface area contributed by atoms with E-state index in [2.05, 4.69) is 31.4 Å². The zero-order valence-electron chi connectivity index (χ0n) is 17.3. The van der Waals surface area contributed by atoms with Gasteiger partial charge in [0.05, 0.1) is 23.5 Å². The molecule has 0 spiro atoms. The molecule has 0 saturated heterocycles. The van der Waals surface area contributed by atoms with E-state index in [-0.39, 0.29) is 5.75 Å². The molecule has 2 aromatic heterocycles. The van der Waals surface area contributed by atoms with Crippen molar-refractivity contribution in [2.75, 3.05) is 16.8 Å². The first kappa shape index (κ1) is 21.3. The van der Waals surface area contributed by atoms with Gasteiger partial charge in [-0.3, -0.25) is 5.10 Å². The SMILES string of the molecule is C#CCN(c1ccc2c(C)n[nH]c2c1)c1ccnc(Nc2cccc(CS(N)(=O)=O)c2)n1. The first-order valence-corrected chi connectivity index (χ1v) is 11.4. The second-order valence-electron chi connectivity index (χ2n) is 7.20. The van der Waals surface area contributed by atoms with Gasteiger partial charge in [0.1, 0.15) is 5.82 Å². The zero-order chi connectivity index (χ0) is 22.7. The number of aromatic amines is 1. The van der Waals surface area contributed by atoms with Crippen LogP contribution in [0.1, 0.15) is 11.3 Å². The lowest BCUT2D eigenvalue weighted by Crippen LogP contribution is -2.19. The van der Waals surface area contributed by atoms with Crippen molar-refractivity contribution in [3.8, 4) is 12.3 Å². The van der Waals surface area contributed by atoms with Crippen LogP contribution in [0.2, 0.25) is 0 Å². The Balaban J connectivity index is 1.63. The summed E-state index contributed by atoms with van der Waals surface area (Å²) in [5, 5.41) is 16.5. The van der Waals surface area contributed by atoms with E-state index in [1.165, 1.54) is 0 Å². The van der Waals surface area contributed by atoms with Gasteiger partial charge in [-0.15, -0.1) is 6.42 Å². The van der Waals surface area contributed by atoms with E-state index in [1.807, 2.05) is 30.0 Å². The Morgan fingerprint density at radius 2 is 2.06 bits per heavy atom. The average Bonchev–Trinajstić information content (AvgIpc) is 3.11. The summed E-state index contributed by atoms with van der Waals surface area (Å²) in [5.74, 6) is 3.36. The van der Waals surface area contributed by atoms with Gasteiger partial charge in [0.25, 0.3) is 0 Å². The van der Waals surface area contributed by atoms with Crippen LogP contribution in [-0.4, -0.2) is 35.1 Å². The predicted molar refractivity (Wildman–Crippen MR) is 125 cm³/mol. The number of hydrogen-bond donors (Lipinski definition) is 3. The maximum Gasteiger partial charge on any atom is 0.229 e. The summed E-state index contributed by atoms with van der Waals surface area (Å²) >= 11 is 0. The molecule has 2 aromatic carbocycles. The van der Waals surface area contributed by atoms with Crippen molar-refractivity contribution >= 4 is 44.1 Å². The summed E-state index contributed by atoms with van der Waals surface area (Å²) in [4.78, 5) is 10.7. The Labute approximate surface area is 185 Å². The van der Waals surface area contributed by atoms with Gasteiger partial charge in [-0.1, -0.05) is 18.1 Å². The fourth-order valence-corrected chi connectivity index (χ4v) is 4.01. The number of aromatic nitrogens is 4. The third-order valence-corrected chi connectivity index (χ3v) is 5.50. The number of fused-ring (bicyclic) bond motifs is 1. The molecule has 0 aliphatic carbocycles. The first-order chi connectivity index (χ1) is 15.3. The van der Waals surface area contributed by atoms with Gasteiger partial charge in [0.15, 0.2) is 0 Å². The largest absolute Gasteiger partial charge is 0.324 e. The van der Waals surface area contributed by atoms with Crippen molar-refractivity contribution in [2.24, 2.45) is 5.14 Å². The van der Waals surface area contributed by atoms with Crippen LogP contribution in [0.25, 0.3) is 10.9 Å². The van der Waals surface area contributed by atoms with Crippen molar-refractivity contribution < 1.29 is 8.42 Å². The number of rotatable bonds is 7. The predicted octanol–water partition coefficient (Wildman–Crippen LogP) is 2.96. The number of sulfonamides is 1. The molecule has 0 amide bonds. The minimum Gasteiger partial charge on any atom is -0.324 e. The molecule has 0 saturated carbocycles. The van der Waals surface area contributed by atoms with Gasteiger partial charge in [-0.25, -0.2) is 18.5 Å². The van der Waals surface area contributed by atoms with Crippen LogP contribution in [0.5, 0.6) is 0 Å². The second kappa shape index (κ2) is 8.66. The summed E-state index contributed by atoms with van der Waals surface area (Å²) in [6, 6.07) is 14.6. The molecule has 0 radical (unpaired) electrons. The Kier molecular flexibility index (Phi) is 5.77. The lowest BCUT2D eigenvalue weighted by molar-refractivity contribution is 0.597. The summed E-state index contributed by atoms with van der Waals surface area (Å²) in [5.41, 5.74) is 3.89. The van der Waals surface area contributed by atoms with Crippen molar-refractivity contribution in [2.45, 2.75) is 12.7 Å². The molecule has 10 heteroatoms. The standard InChI is InChI=1S/C22H21N7O2S/c1-3-11-29(18-7-8-19-15(2)27-28-20(19)13-18)21-9-10-24-22(26-21)25-17-6-4-5-16(12-17)14-32(23,30)31/h1,4-10,12-13H,11,14H2,2H3,(H,27,28)(H2,23,30,31)(H,24,25,26). The molecule has 32 heavy (non-hydrogen) atoms. The van der Waals surface area contributed by atoms with Crippen LogP contribution in [0.4, 0.5) is 23.1 Å². The summed E-state index contributed by atoms with van der Waals surface area (Å²) in [6.45, 7) is 2.25. The number of terminal acetylenes is 1. The molecular formula is C22H21N7O2S. The number of nitrogens with two attached hydrogens (primary N) is 1. The molecule has 162 valence electrons. The third kappa shape index (κ3) is 4.85. The molecule has 0 fully saturated rings. The van der Waals surface area contributed by atoms with E-state index in [1.54, 1.807) is 36.5 Å². The minimum atomic E-state index is -3.63. The second-order valence-corrected chi connectivity index (χ2v) is 8.81. The Morgan fingerprint density at radius 3 is 2.84 bits per heavy atom. The maximum atomic E-state index is 11.4. The van der Waals surface area contributed by atoms with Crippen LogP contribution in [0, 0.1) is 19.3 Å². The molecule has 4 rings (SSSR count). The number of hydrogen-bond acceptors (Lipinski definition) is 7. The Hall–Kier alpha value is -3.94. The molecule has 0 aliphatic heterocycles. The number of primary sulfonamides is 1. The van der Waals surface area contributed by atoms with Crippen molar-refractivity contribution in [3.63, 3.8) is 0 Å². The summed E-state index contributed by atoms with van der Waals surface area (Å²) in [7, 11) is -3.63. The van der Waals surface area contributed by atoms with Gasteiger partial charge in [-0.2, -0.15) is 10.1 Å². The molecule has 4 N–H and O–H groups in total. The molecule has 9 nitrogen and oxygen atoms in total. The van der Waals surface area contributed by atoms with E-state index in [0.29, 0.717) is 29.6 Å². The van der Waals surface area contributed by atoms with Crippen molar-refractivity contribution in [3.05, 3.63) is 66.0 Å². The Morgan fingerprint density at radius 1 is 1.22 bits per heavy atom. The van der Waals surface area contributed by atoms with Gasteiger partial charge in [0.2, 0.25) is 16.0 Å². The van der Waals surface area contributed by atoms with Gasteiger partial charge >= 0.3 is 0 Å². The zero-order valence-corrected chi connectivity index (χ0v) is 18.1. The minimum absolute atomic E-state index is 0.255. The van der Waals surface area contributed by atoms with Crippen molar-refractivity contribution in [1.82, 2.24) is 20.2 Å². The topological polar surface area (TPSA) is 130 Å².